The zero-order valence-corrected chi connectivity index (χ0v) is 32.1. The maximum atomic E-state index is 14.9. The van der Waals surface area contributed by atoms with E-state index < -0.39 is 113 Å². The molecule has 15 heteroatoms. The average Bonchev–Trinajstić information content (AvgIpc) is 3.27. The van der Waals surface area contributed by atoms with Gasteiger partial charge in [0.25, 0.3) is 0 Å². The molecule has 2 aliphatic rings. The Morgan fingerprint density at radius 3 is 1.69 bits per heavy atom. The summed E-state index contributed by atoms with van der Waals surface area (Å²) in [6.45, 7) is 16.6. The van der Waals surface area contributed by atoms with Gasteiger partial charge < -0.3 is 33.2 Å². The van der Waals surface area contributed by atoms with Gasteiger partial charge in [0.15, 0.2) is 41.4 Å². The number of carbonyl (C=O) groups is 8. The first-order valence-electron chi connectivity index (χ1n) is 17.2. The second-order valence-electron chi connectivity index (χ2n) is 14.4. The molecule has 1 aromatic rings. The van der Waals surface area contributed by atoms with Crippen molar-refractivity contribution in [3.8, 4) is 0 Å². The Morgan fingerprint density at radius 1 is 0.667 bits per heavy atom. The predicted octanol–water partition coefficient (Wildman–Crippen LogP) is 3.94. The second kappa shape index (κ2) is 16.8. The standard InChI is InChI=1S/C39H48O15/c1-20-17-18-37(9,10)35(51-25(6)43)32(49-23(4)41)31(52-36(47)28-15-13-12-14-16-28)21(2)30(48-22(3)40)29-34(50-24(5)42)38(11,53-26(7)44)19-39(29,33(20)46)54-27(8)45/h12-18,20,29-32,34-35H,2,19H2,1,3-11H3/b18-17+/t20-,29-,30-,31-,32+,34+,35+,38+,39+/m0/s1. The lowest BCUT2D eigenvalue weighted by molar-refractivity contribution is -0.193. The molecule has 1 fully saturated rings. The predicted molar refractivity (Wildman–Crippen MR) is 187 cm³/mol. The van der Waals surface area contributed by atoms with Crippen molar-refractivity contribution in [3.63, 3.8) is 0 Å². The Hall–Kier alpha value is -5.34. The van der Waals surface area contributed by atoms with E-state index in [1.54, 1.807) is 32.0 Å². The number of hydrogen-bond donors (Lipinski definition) is 0. The van der Waals surface area contributed by atoms with Crippen LogP contribution in [0.25, 0.3) is 0 Å². The van der Waals surface area contributed by atoms with Crippen molar-refractivity contribution in [2.45, 2.75) is 117 Å². The Balaban J connectivity index is 2.59. The van der Waals surface area contributed by atoms with E-state index in [-0.39, 0.29) is 11.1 Å². The summed E-state index contributed by atoms with van der Waals surface area (Å²) in [6, 6.07) is 7.64. The lowest BCUT2D eigenvalue weighted by Gasteiger charge is -2.44. The van der Waals surface area contributed by atoms with Crippen LogP contribution in [-0.2, 0) is 66.7 Å². The summed E-state index contributed by atoms with van der Waals surface area (Å²) < 4.78 is 41.0. The third-order valence-corrected chi connectivity index (χ3v) is 9.24. The Bertz CT molecular complexity index is 1710. The van der Waals surface area contributed by atoms with Crippen LogP contribution in [0.15, 0.2) is 54.6 Å². The first-order chi connectivity index (χ1) is 25.0. The van der Waals surface area contributed by atoms with E-state index in [1.165, 1.54) is 38.1 Å². The van der Waals surface area contributed by atoms with E-state index in [0.29, 0.717) is 0 Å². The number of ketones is 1. The first kappa shape index (κ1) is 43.1. The zero-order valence-electron chi connectivity index (χ0n) is 32.1. The van der Waals surface area contributed by atoms with Gasteiger partial charge in [0.05, 0.1) is 11.5 Å². The minimum absolute atomic E-state index is 0.0320. The molecule has 54 heavy (non-hydrogen) atoms. The number of fused-ring (bicyclic) bond motifs is 1. The lowest BCUT2D eigenvalue weighted by atomic mass is 9.72. The Morgan fingerprint density at radius 2 is 1.19 bits per heavy atom. The topological polar surface area (TPSA) is 201 Å². The third kappa shape index (κ3) is 9.60. The molecule has 0 amide bonds. The van der Waals surface area contributed by atoms with E-state index in [4.69, 9.17) is 33.2 Å². The van der Waals surface area contributed by atoms with Crippen molar-refractivity contribution >= 4 is 47.6 Å². The van der Waals surface area contributed by atoms with Crippen LogP contribution in [0.5, 0.6) is 0 Å². The molecule has 0 spiro atoms. The maximum Gasteiger partial charge on any atom is 0.338 e. The van der Waals surface area contributed by atoms with E-state index in [0.717, 1.165) is 41.5 Å². The molecule has 1 saturated carbocycles. The van der Waals surface area contributed by atoms with Gasteiger partial charge in [0.1, 0.15) is 6.10 Å². The molecule has 0 bridgehead atoms. The molecule has 15 nitrogen and oxygen atoms in total. The van der Waals surface area contributed by atoms with Gasteiger partial charge in [-0.05, 0) is 19.1 Å². The van der Waals surface area contributed by atoms with Crippen LogP contribution in [0.1, 0.15) is 86.0 Å². The third-order valence-electron chi connectivity index (χ3n) is 9.24. The second-order valence-corrected chi connectivity index (χ2v) is 14.4. The van der Waals surface area contributed by atoms with Crippen LogP contribution in [0.2, 0.25) is 0 Å². The average molecular weight is 757 g/mol. The summed E-state index contributed by atoms with van der Waals surface area (Å²) in [7, 11) is 0. The minimum atomic E-state index is -2.38. The van der Waals surface area contributed by atoms with E-state index in [1.807, 2.05) is 0 Å². The summed E-state index contributed by atoms with van der Waals surface area (Å²) >= 11 is 0. The van der Waals surface area contributed by atoms with Gasteiger partial charge in [-0.25, -0.2) is 4.79 Å². The van der Waals surface area contributed by atoms with Crippen LogP contribution >= 0.6 is 0 Å². The first-order valence-corrected chi connectivity index (χ1v) is 17.2. The van der Waals surface area contributed by atoms with Crippen molar-refractivity contribution in [2.24, 2.45) is 17.3 Å². The molecule has 2 aliphatic carbocycles. The number of hydrogen-bond acceptors (Lipinski definition) is 15. The van der Waals surface area contributed by atoms with Crippen molar-refractivity contribution in [1.29, 1.82) is 0 Å². The molecule has 0 N–H and O–H groups in total. The van der Waals surface area contributed by atoms with Crippen LogP contribution < -0.4 is 0 Å². The molecule has 0 unspecified atom stereocenters. The van der Waals surface area contributed by atoms with Crippen molar-refractivity contribution in [3.05, 3.63) is 60.2 Å². The highest BCUT2D eigenvalue weighted by molar-refractivity contribution is 5.94. The highest BCUT2D eigenvalue weighted by Crippen LogP contribution is 2.54. The molecule has 9 atom stereocenters. The molecule has 0 saturated heterocycles. The summed E-state index contributed by atoms with van der Waals surface area (Å²) in [4.78, 5) is 106. The highest BCUT2D eigenvalue weighted by atomic mass is 16.6. The van der Waals surface area contributed by atoms with Gasteiger partial charge in [-0.15, -0.1) is 0 Å². The summed E-state index contributed by atoms with van der Waals surface area (Å²) in [5, 5.41) is 0. The fourth-order valence-corrected chi connectivity index (χ4v) is 7.32. The van der Waals surface area contributed by atoms with Crippen molar-refractivity contribution in [1.82, 2.24) is 0 Å². The number of allylic oxidation sites excluding steroid dienone is 1. The molecule has 0 aromatic heterocycles. The van der Waals surface area contributed by atoms with Gasteiger partial charge >= 0.3 is 41.8 Å². The lowest BCUT2D eigenvalue weighted by Crippen LogP contribution is -2.59. The highest BCUT2D eigenvalue weighted by Gasteiger charge is 2.72. The zero-order chi connectivity index (χ0) is 40.9. The number of ether oxygens (including phenoxy) is 7. The van der Waals surface area contributed by atoms with Gasteiger partial charge in [-0.1, -0.05) is 57.7 Å². The molecule has 0 heterocycles. The van der Waals surface area contributed by atoms with Crippen LogP contribution in [0.4, 0.5) is 0 Å². The smallest absolute Gasteiger partial charge is 0.338 e. The number of Topliss-reactive ketones (excluding diaryl/α,β-unsaturated/α-hetero) is 1. The van der Waals surface area contributed by atoms with Crippen molar-refractivity contribution in [2.75, 3.05) is 0 Å². The maximum absolute atomic E-state index is 14.9. The van der Waals surface area contributed by atoms with Gasteiger partial charge in [0.2, 0.25) is 0 Å². The van der Waals surface area contributed by atoms with Gasteiger partial charge in [-0.3, -0.25) is 33.6 Å². The molecular formula is C39H48O15. The van der Waals surface area contributed by atoms with E-state index in [9.17, 15) is 38.4 Å². The largest absolute Gasteiger partial charge is 0.458 e. The molecule has 1 aromatic carbocycles. The van der Waals surface area contributed by atoms with Crippen LogP contribution in [0.3, 0.4) is 0 Å². The molecule has 0 aliphatic heterocycles. The minimum Gasteiger partial charge on any atom is -0.458 e. The quantitative estimate of drug-likeness (QED) is 0.210. The van der Waals surface area contributed by atoms with Crippen molar-refractivity contribution < 1.29 is 71.5 Å². The number of rotatable bonds is 8. The molecular weight excluding hydrogens is 708 g/mol. The summed E-state index contributed by atoms with van der Waals surface area (Å²) in [5.41, 5.74) is -5.95. The number of carbonyl (C=O) groups excluding carboxylic acids is 8. The summed E-state index contributed by atoms with van der Waals surface area (Å²) in [5.74, 6) is -10.1. The Labute approximate surface area is 313 Å². The SMILES string of the molecule is C=C1[C@H](OC(=O)c2ccccc2)[C@@H](OC(C)=O)[C@@H](OC(C)=O)C(C)(C)/C=C/[C@H](C)C(=O)[C@@]2(OC(C)=O)C[C@@](C)(OC(C)=O)[C@H](OC(C)=O)[C@@H]2[C@H]1OC(C)=O. The molecule has 3 rings (SSSR count). The Kier molecular flexibility index (Phi) is 13.4. The van der Waals surface area contributed by atoms with E-state index >= 15 is 0 Å². The monoisotopic (exact) mass is 756 g/mol. The fourth-order valence-electron chi connectivity index (χ4n) is 7.32. The normalized spacial score (nSPS) is 31.2. The van der Waals surface area contributed by atoms with Gasteiger partial charge in [0, 0.05) is 64.9 Å². The number of benzene rings is 1. The van der Waals surface area contributed by atoms with E-state index in [2.05, 4.69) is 6.58 Å². The van der Waals surface area contributed by atoms with Crippen LogP contribution in [-0.4, -0.2) is 89.3 Å². The fraction of sp³-hybridized carbons (Fsp3) is 0.538. The van der Waals surface area contributed by atoms with Gasteiger partial charge in [-0.2, -0.15) is 0 Å². The molecule has 294 valence electrons. The van der Waals surface area contributed by atoms with Crippen LogP contribution in [0, 0.1) is 17.3 Å². The molecule has 0 radical (unpaired) electrons. The summed E-state index contributed by atoms with van der Waals surface area (Å²) in [6.07, 6.45) is -6.25. The number of esters is 7.